The van der Waals surface area contributed by atoms with Crippen molar-refractivity contribution in [2.75, 3.05) is 11.9 Å². The van der Waals surface area contributed by atoms with Crippen molar-refractivity contribution in [1.82, 2.24) is 25.5 Å². The SMILES string of the molecule is Cc1c(NC(=O)NCC(C)C(F)(F)F)cccc1-n1cnnn1. The van der Waals surface area contributed by atoms with Crippen LogP contribution in [0, 0.1) is 12.8 Å². The number of carbonyl (C=O) groups is 1. The van der Waals surface area contributed by atoms with Gasteiger partial charge in [-0.1, -0.05) is 13.0 Å². The molecule has 10 heteroatoms. The summed E-state index contributed by atoms with van der Waals surface area (Å²) in [6, 6.07) is 4.35. The number of rotatable bonds is 4. The van der Waals surface area contributed by atoms with E-state index in [0.717, 1.165) is 6.92 Å². The molecule has 124 valence electrons. The molecule has 1 aromatic heterocycles. The van der Waals surface area contributed by atoms with Crippen molar-refractivity contribution in [2.45, 2.75) is 20.0 Å². The van der Waals surface area contributed by atoms with Gasteiger partial charge in [0.05, 0.1) is 11.6 Å². The lowest BCUT2D eigenvalue weighted by Gasteiger charge is -2.17. The number of aromatic nitrogens is 4. The Bertz CT molecular complexity index is 671. The third-order valence-corrected chi connectivity index (χ3v) is 3.28. The van der Waals surface area contributed by atoms with Crippen LogP contribution in [0.25, 0.3) is 5.69 Å². The lowest BCUT2D eigenvalue weighted by atomic mass is 10.1. The van der Waals surface area contributed by atoms with Crippen molar-refractivity contribution in [2.24, 2.45) is 5.92 Å². The van der Waals surface area contributed by atoms with Crippen molar-refractivity contribution in [1.29, 1.82) is 0 Å². The number of nitrogens with one attached hydrogen (secondary N) is 2. The second-order valence-electron chi connectivity index (χ2n) is 4.98. The van der Waals surface area contributed by atoms with E-state index in [1.807, 2.05) is 0 Å². The van der Waals surface area contributed by atoms with Crippen molar-refractivity contribution < 1.29 is 18.0 Å². The second kappa shape index (κ2) is 6.63. The summed E-state index contributed by atoms with van der Waals surface area (Å²) in [6.45, 7) is 2.25. The van der Waals surface area contributed by atoms with E-state index in [1.165, 1.54) is 11.0 Å². The van der Waals surface area contributed by atoms with Crippen LogP contribution in [0.2, 0.25) is 0 Å². The molecule has 2 N–H and O–H groups in total. The Morgan fingerprint density at radius 1 is 1.39 bits per heavy atom. The summed E-state index contributed by atoms with van der Waals surface area (Å²) >= 11 is 0. The van der Waals surface area contributed by atoms with Gasteiger partial charge in [0.1, 0.15) is 6.33 Å². The molecule has 1 aromatic carbocycles. The van der Waals surface area contributed by atoms with Crippen LogP contribution >= 0.6 is 0 Å². The van der Waals surface area contributed by atoms with Crippen LogP contribution in [0.5, 0.6) is 0 Å². The fraction of sp³-hybridized carbons (Fsp3) is 0.385. The Kier molecular flexibility index (Phi) is 4.82. The van der Waals surface area contributed by atoms with E-state index in [-0.39, 0.29) is 0 Å². The van der Waals surface area contributed by atoms with Crippen LogP contribution in [0.15, 0.2) is 24.5 Å². The third-order valence-electron chi connectivity index (χ3n) is 3.28. The van der Waals surface area contributed by atoms with Gasteiger partial charge in [-0.2, -0.15) is 13.2 Å². The van der Waals surface area contributed by atoms with E-state index in [0.29, 0.717) is 16.9 Å². The highest BCUT2D eigenvalue weighted by molar-refractivity contribution is 5.90. The van der Waals surface area contributed by atoms with Crippen molar-refractivity contribution in [3.8, 4) is 5.69 Å². The summed E-state index contributed by atoms with van der Waals surface area (Å²) in [5.41, 5.74) is 1.78. The fourth-order valence-corrected chi connectivity index (χ4v) is 1.81. The molecule has 2 aromatic rings. The Labute approximate surface area is 129 Å². The molecule has 0 bridgehead atoms. The molecule has 0 saturated carbocycles. The van der Waals surface area contributed by atoms with Gasteiger partial charge in [0.15, 0.2) is 0 Å². The number of hydrogen-bond donors (Lipinski definition) is 2. The number of alkyl halides is 3. The molecule has 0 radical (unpaired) electrons. The van der Waals surface area contributed by atoms with Crippen molar-refractivity contribution >= 4 is 11.7 Å². The number of benzene rings is 1. The standard InChI is InChI=1S/C13H15F3N6O/c1-8(13(14,15)16)6-17-12(23)19-10-4-3-5-11(9(10)2)22-7-18-20-21-22/h3-5,7-8H,6H2,1-2H3,(H2,17,19,23). The van der Waals surface area contributed by atoms with E-state index in [2.05, 4.69) is 26.2 Å². The van der Waals surface area contributed by atoms with Gasteiger partial charge in [-0.3, -0.25) is 0 Å². The Morgan fingerprint density at radius 2 is 2.13 bits per heavy atom. The highest BCUT2D eigenvalue weighted by atomic mass is 19.4. The first-order valence-electron chi connectivity index (χ1n) is 6.73. The number of urea groups is 1. The molecule has 1 atom stereocenters. The van der Waals surface area contributed by atoms with Crippen LogP contribution in [-0.4, -0.2) is 39.0 Å². The maximum absolute atomic E-state index is 12.4. The molecule has 2 rings (SSSR count). The molecule has 1 heterocycles. The number of nitrogens with zero attached hydrogens (tertiary/aromatic N) is 4. The number of tetrazole rings is 1. The minimum atomic E-state index is -4.34. The van der Waals surface area contributed by atoms with Gasteiger partial charge in [-0.15, -0.1) is 5.10 Å². The second-order valence-corrected chi connectivity index (χ2v) is 4.98. The van der Waals surface area contributed by atoms with Crippen LogP contribution < -0.4 is 10.6 Å². The third kappa shape index (κ3) is 4.18. The average Bonchev–Trinajstić information content (AvgIpc) is 3.00. The zero-order valence-electron chi connectivity index (χ0n) is 12.4. The van der Waals surface area contributed by atoms with E-state index >= 15 is 0 Å². The van der Waals surface area contributed by atoms with Gasteiger partial charge >= 0.3 is 12.2 Å². The van der Waals surface area contributed by atoms with Gasteiger partial charge in [-0.25, -0.2) is 9.48 Å². The topological polar surface area (TPSA) is 84.7 Å². The normalized spacial score (nSPS) is 12.7. The molecular formula is C13H15F3N6O. The van der Waals surface area contributed by atoms with E-state index in [9.17, 15) is 18.0 Å². The zero-order valence-corrected chi connectivity index (χ0v) is 12.4. The number of hydrogen-bond acceptors (Lipinski definition) is 4. The quantitative estimate of drug-likeness (QED) is 0.902. The minimum absolute atomic E-state index is 0.454. The molecule has 0 spiro atoms. The van der Waals surface area contributed by atoms with Gasteiger partial charge < -0.3 is 10.6 Å². The first-order chi connectivity index (χ1) is 10.8. The van der Waals surface area contributed by atoms with Crippen LogP contribution in [-0.2, 0) is 0 Å². The lowest BCUT2D eigenvalue weighted by Crippen LogP contribution is -2.37. The number of amides is 2. The monoisotopic (exact) mass is 328 g/mol. The summed E-state index contributed by atoms with van der Waals surface area (Å²) in [5, 5.41) is 15.5. The van der Waals surface area contributed by atoms with Crippen LogP contribution in [0.3, 0.4) is 0 Å². The lowest BCUT2D eigenvalue weighted by molar-refractivity contribution is -0.167. The molecule has 0 fully saturated rings. The Balaban J connectivity index is 2.03. The number of carbonyl (C=O) groups excluding carboxylic acids is 1. The molecule has 23 heavy (non-hydrogen) atoms. The van der Waals surface area contributed by atoms with Crippen molar-refractivity contribution in [3.63, 3.8) is 0 Å². The maximum Gasteiger partial charge on any atom is 0.393 e. The number of anilines is 1. The molecular weight excluding hydrogens is 313 g/mol. The summed E-state index contributed by atoms with van der Waals surface area (Å²) in [5.74, 6) is -1.62. The maximum atomic E-state index is 12.4. The molecule has 0 aliphatic heterocycles. The van der Waals surface area contributed by atoms with E-state index in [4.69, 9.17) is 0 Å². The van der Waals surface area contributed by atoms with Crippen molar-refractivity contribution in [3.05, 3.63) is 30.1 Å². The fourth-order valence-electron chi connectivity index (χ4n) is 1.81. The highest BCUT2D eigenvalue weighted by Crippen LogP contribution is 2.25. The predicted octanol–water partition coefficient (Wildman–Crippen LogP) is 2.29. The van der Waals surface area contributed by atoms with Gasteiger partial charge in [0.25, 0.3) is 0 Å². The predicted molar refractivity (Wildman–Crippen MR) is 76.1 cm³/mol. The molecule has 1 unspecified atom stereocenters. The first-order valence-corrected chi connectivity index (χ1v) is 6.73. The molecule has 0 aliphatic carbocycles. The zero-order chi connectivity index (χ0) is 17.0. The van der Waals surface area contributed by atoms with Gasteiger partial charge in [0.2, 0.25) is 0 Å². The van der Waals surface area contributed by atoms with E-state index in [1.54, 1.807) is 25.1 Å². The summed E-state index contributed by atoms with van der Waals surface area (Å²) in [4.78, 5) is 11.8. The highest BCUT2D eigenvalue weighted by Gasteiger charge is 2.35. The van der Waals surface area contributed by atoms with Crippen LogP contribution in [0.4, 0.5) is 23.7 Å². The summed E-state index contributed by atoms with van der Waals surface area (Å²) in [6.07, 6.45) is -2.94. The summed E-state index contributed by atoms with van der Waals surface area (Å²) in [7, 11) is 0. The van der Waals surface area contributed by atoms with Gasteiger partial charge in [-0.05, 0) is 35.0 Å². The molecule has 7 nitrogen and oxygen atoms in total. The minimum Gasteiger partial charge on any atom is -0.337 e. The summed E-state index contributed by atoms with van der Waals surface area (Å²) < 4.78 is 38.6. The molecule has 0 saturated heterocycles. The Hall–Kier alpha value is -2.65. The Morgan fingerprint density at radius 3 is 2.74 bits per heavy atom. The number of halogens is 3. The van der Waals surface area contributed by atoms with Gasteiger partial charge in [0, 0.05) is 12.2 Å². The van der Waals surface area contributed by atoms with E-state index < -0.39 is 24.7 Å². The average molecular weight is 328 g/mol. The molecule has 2 amide bonds. The first kappa shape index (κ1) is 16.7. The molecule has 0 aliphatic rings. The largest absolute Gasteiger partial charge is 0.393 e. The van der Waals surface area contributed by atoms with Crippen LogP contribution in [0.1, 0.15) is 12.5 Å². The smallest absolute Gasteiger partial charge is 0.337 e.